The summed E-state index contributed by atoms with van der Waals surface area (Å²) in [5.41, 5.74) is 11.6. The van der Waals surface area contributed by atoms with Gasteiger partial charge in [0, 0.05) is 12.0 Å². The minimum atomic E-state index is -1.49. The summed E-state index contributed by atoms with van der Waals surface area (Å²) in [4.78, 5) is 24.6. The molecule has 0 radical (unpaired) electrons. The first kappa shape index (κ1) is 21.3. The fourth-order valence-electron chi connectivity index (χ4n) is 4.26. The predicted molar refractivity (Wildman–Crippen MR) is 119 cm³/mol. The van der Waals surface area contributed by atoms with Crippen molar-refractivity contribution in [3.8, 4) is 17.2 Å². The second-order valence-electron chi connectivity index (χ2n) is 7.85. The third-order valence-electron chi connectivity index (χ3n) is 5.86. The van der Waals surface area contributed by atoms with Crippen LogP contribution >= 0.6 is 0 Å². The Morgan fingerprint density at radius 3 is 2.06 bits per heavy atom. The fourth-order valence-corrected chi connectivity index (χ4v) is 4.26. The molecule has 6 heteroatoms. The van der Waals surface area contributed by atoms with E-state index in [1.807, 2.05) is 54.6 Å². The number of esters is 1. The van der Waals surface area contributed by atoms with Crippen LogP contribution < -0.4 is 5.73 Å². The van der Waals surface area contributed by atoms with Crippen LogP contribution in [0.5, 0.6) is 0 Å². The SMILES string of the molecule is N#Cc1ccc(C[C@H](N)[C@@H](C(=O)O)C(=O)OCC2c3ccccc3-c3ccccc32)cc1. The third-order valence-corrected chi connectivity index (χ3v) is 5.86. The standard InChI is InChI=1S/C26H22N2O4/c27-14-17-11-9-16(10-12-17)13-23(28)24(25(29)30)26(31)32-15-22-20-7-3-1-5-18(20)19-6-2-4-8-21(19)22/h1-12,22-24H,13,15,28H2,(H,29,30)/t23-,24-/m0/s1. The number of nitrogens with zero attached hydrogens (tertiary/aromatic N) is 1. The average molecular weight is 426 g/mol. The van der Waals surface area contributed by atoms with Crippen LogP contribution in [-0.4, -0.2) is 29.7 Å². The molecule has 0 fully saturated rings. The highest BCUT2D eigenvalue weighted by atomic mass is 16.5. The van der Waals surface area contributed by atoms with E-state index in [-0.39, 0.29) is 18.9 Å². The Bertz CT molecular complexity index is 1150. The van der Waals surface area contributed by atoms with Gasteiger partial charge in [0.15, 0.2) is 5.92 Å². The van der Waals surface area contributed by atoms with Crippen molar-refractivity contribution < 1.29 is 19.4 Å². The van der Waals surface area contributed by atoms with E-state index in [9.17, 15) is 14.7 Å². The van der Waals surface area contributed by atoms with E-state index in [0.29, 0.717) is 5.56 Å². The van der Waals surface area contributed by atoms with Crippen molar-refractivity contribution in [2.24, 2.45) is 11.7 Å². The first-order valence-electron chi connectivity index (χ1n) is 10.3. The Kier molecular flexibility index (Phi) is 6.02. The van der Waals surface area contributed by atoms with Gasteiger partial charge in [-0.05, 0) is 46.4 Å². The molecule has 32 heavy (non-hydrogen) atoms. The van der Waals surface area contributed by atoms with Gasteiger partial charge in [0.2, 0.25) is 0 Å². The number of carbonyl (C=O) groups is 2. The number of hydrogen-bond donors (Lipinski definition) is 2. The molecular formula is C26H22N2O4. The van der Waals surface area contributed by atoms with Crippen molar-refractivity contribution in [3.63, 3.8) is 0 Å². The number of hydrogen-bond acceptors (Lipinski definition) is 5. The van der Waals surface area contributed by atoms with Crippen LogP contribution in [0.25, 0.3) is 11.1 Å². The summed E-state index contributed by atoms with van der Waals surface area (Å²) in [5.74, 6) is -3.81. The maximum absolute atomic E-state index is 12.8. The van der Waals surface area contributed by atoms with Crippen molar-refractivity contribution in [3.05, 3.63) is 95.1 Å². The quantitative estimate of drug-likeness (QED) is 0.442. The molecule has 3 aromatic carbocycles. The molecule has 0 amide bonds. The molecule has 0 saturated carbocycles. The summed E-state index contributed by atoms with van der Waals surface area (Å²) >= 11 is 0. The summed E-state index contributed by atoms with van der Waals surface area (Å²) in [6.45, 7) is 0.0419. The van der Waals surface area contributed by atoms with Gasteiger partial charge >= 0.3 is 11.9 Å². The van der Waals surface area contributed by atoms with Crippen LogP contribution in [0.15, 0.2) is 72.8 Å². The van der Waals surface area contributed by atoms with Gasteiger partial charge < -0.3 is 15.6 Å². The van der Waals surface area contributed by atoms with E-state index >= 15 is 0 Å². The van der Waals surface area contributed by atoms with E-state index in [4.69, 9.17) is 15.7 Å². The number of aliphatic carboxylic acids is 1. The molecule has 0 spiro atoms. The first-order valence-corrected chi connectivity index (χ1v) is 10.3. The number of benzene rings is 3. The third kappa shape index (κ3) is 4.11. The van der Waals surface area contributed by atoms with Gasteiger partial charge in [-0.2, -0.15) is 5.26 Å². The molecule has 1 aliphatic carbocycles. The molecule has 2 atom stereocenters. The number of rotatable bonds is 7. The minimum absolute atomic E-state index is 0.0419. The molecule has 4 rings (SSSR count). The zero-order valence-corrected chi connectivity index (χ0v) is 17.3. The maximum atomic E-state index is 12.8. The smallest absolute Gasteiger partial charge is 0.321 e. The monoisotopic (exact) mass is 426 g/mol. The zero-order valence-electron chi connectivity index (χ0n) is 17.3. The number of carboxylic acids is 1. The fraction of sp³-hybridized carbons (Fsp3) is 0.192. The average Bonchev–Trinajstić information content (AvgIpc) is 3.12. The molecule has 160 valence electrons. The van der Waals surface area contributed by atoms with Gasteiger partial charge in [-0.3, -0.25) is 9.59 Å². The Hall–Kier alpha value is -3.95. The van der Waals surface area contributed by atoms with Crippen LogP contribution in [0.2, 0.25) is 0 Å². The largest absolute Gasteiger partial charge is 0.481 e. The molecule has 0 aromatic heterocycles. The highest BCUT2D eigenvalue weighted by Crippen LogP contribution is 2.44. The number of nitriles is 1. The number of nitrogens with two attached hydrogens (primary N) is 1. The van der Waals surface area contributed by atoms with E-state index in [2.05, 4.69) is 0 Å². The molecule has 0 aliphatic heterocycles. The predicted octanol–water partition coefficient (Wildman–Crippen LogP) is 3.48. The Morgan fingerprint density at radius 2 is 1.53 bits per heavy atom. The van der Waals surface area contributed by atoms with Crippen molar-refractivity contribution in [1.29, 1.82) is 5.26 Å². The Balaban J connectivity index is 1.48. The van der Waals surface area contributed by atoms with Gasteiger partial charge in [0.1, 0.15) is 6.61 Å². The second-order valence-corrected chi connectivity index (χ2v) is 7.85. The number of carboxylic acid groups (broad SMARTS) is 1. The summed E-state index contributed by atoms with van der Waals surface area (Å²) in [7, 11) is 0. The van der Waals surface area contributed by atoms with E-state index in [0.717, 1.165) is 27.8 Å². The molecule has 0 heterocycles. The second kappa shape index (κ2) is 9.04. The van der Waals surface area contributed by atoms with Crippen LogP contribution in [0, 0.1) is 17.2 Å². The summed E-state index contributed by atoms with van der Waals surface area (Å²) in [6, 6.07) is 23.6. The van der Waals surface area contributed by atoms with Crippen molar-refractivity contribution in [1.82, 2.24) is 0 Å². The van der Waals surface area contributed by atoms with Gasteiger partial charge in [0.25, 0.3) is 0 Å². The van der Waals surface area contributed by atoms with Crippen LogP contribution in [0.3, 0.4) is 0 Å². The number of ether oxygens (including phenoxy) is 1. The Labute approximate surface area is 185 Å². The molecule has 1 aliphatic rings. The topological polar surface area (TPSA) is 113 Å². The lowest BCUT2D eigenvalue weighted by atomic mass is 9.93. The summed E-state index contributed by atoms with van der Waals surface area (Å²) < 4.78 is 5.52. The van der Waals surface area contributed by atoms with Crippen molar-refractivity contribution in [2.45, 2.75) is 18.4 Å². The summed E-state index contributed by atoms with van der Waals surface area (Å²) in [6.07, 6.45) is 0.173. The molecule has 0 unspecified atom stereocenters. The molecule has 6 nitrogen and oxygen atoms in total. The van der Waals surface area contributed by atoms with Crippen LogP contribution in [0.4, 0.5) is 0 Å². The van der Waals surface area contributed by atoms with Gasteiger partial charge in [-0.25, -0.2) is 0 Å². The van der Waals surface area contributed by atoms with E-state index in [1.165, 1.54) is 0 Å². The lowest BCUT2D eigenvalue weighted by Gasteiger charge is -2.21. The maximum Gasteiger partial charge on any atom is 0.321 e. The molecule has 3 aromatic rings. The van der Waals surface area contributed by atoms with Gasteiger partial charge in [-0.15, -0.1) is 0 Å². The molecular weight excluding hydrogens is 404 g/mol. The van der Waals surface area contributed by atoms with E-state index < -0.39 is 23.9 Å². The highest BCUT2D eigenvalue weighted by molar-refractivity contribution is 5.95. The Morgan fingerprint density at radius 1 is 0.969 bits per heavy atom. The normalized spacial score (nSPS) is 14.0. The zero-order chi connectivity index (χ0) is 22.7. The first-order chi connectivity index (χ1) is 15.5. The lowest BCUT2D eigenvalue weighted by molar-refractivity contribution is -0.159. The van der Waals surface area contributed by atoms with Crippen LogP contribution in [0.1, 0.15) is 28.2 Å². The van der Waals surface area contributed by atoms with Gasteiger partial charge in [0.05, 0.1) is 11.6 Å². The van der Waals surface area contributed by atoms with E-state index in [1.54, 1.807) is 24.3 Å². The van der Waals surface area contributed by atoms with Crippen molar-refractivity contribution >= 4 is 11.9 Å². The van der Waals surface area contributed by atoms with Gasteiger partial charge in [-0.1, -0.05) is 60.7 Å². The van der Waals surface area contributed by atoms with Crippen LogP contribution in [-0.2, 0) is 20.7 Å². The highest BCUT2D eigenvalue weighted by Gasteiger charge is 2.36. The molecule has 3 N–H and O–H groups in total. The number of carbonyl (C=O) groups excluding carboxylic acids is 1. The minimum Gasteiger partial charge on any atom is -0.481 e. The summed E-state index contributed by atoms with van der Waals surface area (Å²) in [5, 5.41) is 18.6. The lowest BCUT2D eigenvalue weighted by Crippen LogP contribution is -2.43. The molecule has 0 bridgehead atoms. The number of fused-ring (bicyclic) bond motifs is 3. The molecule has 0 saturated heterocycles. The van der Waals surface area contributed by atoms with Crippen molar-refractivity contribution in [2.75, 3.05) is 6.61 Å².